The number of carbonyl (C=O) groups is 2. The summed E-state index contributed by atoms with van der Waals surface area (Å²) >= 11 is 0. The number of hydrogen-bond acceptors (Lipinski definition) is 6. The van der Waals surface area contributed by atoms with Crippen molar-refractivity contribution in [2.24, 2.45) is 5.92 Å². The van der Waals surface area contributed by atoms with Crippen molar-refractivity contribution in [2.75, 3.05) is 19.7 Å². The number of piperidine rings is 1. The molecule has 0 saturated carbocycles. The first-order valence-corrected chi connectivity index (χ1v) is 17.7. The molecule has 2 aromatic rings. The minimum absolute atomic E-state index is 0.123. The lowest BCUT2D eigenvalue weighted by molar-refractivity contribution is -0.150. The van der Waals surface area contributed by atoms with E-state index in [1.807, 2.05) is 24.5 Å². The predicted octanol–water partition coefficient (Wildman–Crippen LogP) is 9.72. The summed E-state index contributed by atoms with van der Waals surface area (Å²) in [6.45, 7) is 5.98. The zero-order valence-electron chi connectivity index (χ0n) is 27.6. The first-order valence-electron chi connectivity index (χ1n) is 17.7. The molecule has 1 amide bonds. The van der Waals surface area contributed by atoms with E-state index in [9.17, 15) is 9.59 Å². The molecule has 0 spiro atoms. The second kappa shape index (κ2) is 21.7. The number of rotatable bonds is 21. The lowest BCUT2D eigenvalue weighted by atomic mass is 9.97. The monoisotopic (exact) mass is 607 g/mol. The molecular weight excluding hydrogens is 550 g/mol. The first kappa shape index (κ1) is 35.5. The first-order chi connectivity index (χ1) is 21.6. The number of nitrogens with zero attached hydrogens (tertiary/aromatic N) is 3. The Morgan fingerprint density at radius 3 is 1.82 bits per heavy atom. The number of aromatic nitrogens is 2. The topological polar surface area (TPSA) is 81.6 Å². The van der Waals surface area contributed by atoms with Gasteiger partial charge >= 0.3 is 12.1 Å². The normalized spacial score (nSPS) is 13.6. The van der Waals surface area contributed by atoms with Gasteiger partial charge in [-0.1, -0.05) is 104 Å². The second-order valence-corrected chi connectivity index (χ2v) is 12.4. The minimum Gasteiger partial charge on any atom is -0.465 e. The van der Waals surface area contributed by atoms with Crippen LogP contribution in [0.5, 0.6) is 5.75 Å². The largest absolute Gasteiger partial charge is 0.465 e. The number of aryl methyl sites for hydroxylation is 1. The zero-order valence-corrected chi connectivity index (χ0v) is 27.6. The van der Waals surface area contributed by atoms with Crippen molar-refractivity contribution in [1.29, 1.82) is 0 Å². The molecule has 7 nitrogen and oxygen atoms in total. The summed E-state index contributed by atoms with van der Waals surface area (Å²) in [5.74, 6) is 0.883. The van der Waals surface area contributed by atoms with Crippen LogP contribution in [0, 0.1) is 5.92 Å². The van der Waals surface area contributed by atoms with Crippen LogP contribution in [0.4, 0.5) is 4.79 Å². The van der Waals surface area contributed by atoms with Gasteiger partial charge in [-0.25, -0.2) is 14.8 Å². The average Bonchev–Trinajstić information content (AvgIpc) is 3.06. The number of esters is 1. The van der Waals surface area contributed by atoms with E-state index in [1.54, 1.807) is 17.0 Å². The fourth-order valence-electron chi connectivity index (χ4n) is 5.76. The Hall–Kier alpha value is -2.96. The van der Waals surface area contributed by atoms with Gasteiger partial charge in [0.2, 0.25) is 0 Å². The highest BCUT2D eigenvalue weighted by atomic mass is 16.6. The Balaban J connectivity index is 1.27. The van der Waals surface area contributed by atoms with Crippen molar-refractivity contribution < 1.29 is 19.1 Å². The van der Waals surface area contributed by atoms with E-state index in [2.05, 4.69) is 23.8 Å². The molecule has 44 heavy (non-hydrogen) atoms. The zero-order chi connectivity index (χ0) is 31.2. The average molecular weight is 608 g/mol. The number of benzene rings is 1. The Morgan fingerprint density at radius 2 is 1.25 bits per heavy atom. The number of carbonyl (C=O) groups excluding carboxylic acids is 2. The molecule has 0 unspecified atom stereocenters. The number of ether oxygens (including phenoxy) is 2. The van der Waals surface area contributed by atoms with Gasteiger partial charge in [0.25, 0.3) is 0 Å². The fraction of sp³-hybridized carbons (Fsp3) is 0.676. The van der Waals surface area contributed by atoms with Crippen LogP contribution in [0.25, 0.3) is 11.4 Å². The number of hydrogen-bond donors (Lipinski definition) is 0. The van der Waals surface area contributed by atoms with E-state index in [0.29, 0.717) is 44.1 Å². The smallest absolute Gasteiger partial charge is 0.415 e. The molecule has 0 radical (unpaired) electrons. The lowest BCUT2D eigenvalue weighted by Gasteiger charge is -2.30. The molecule has 0 N–H and O–H groups in total. The standard InChI is InChI=1S/C37H57N3O4/c1-3-5-7-9-11-12-13-14-16-18-28-43-36(41)33-24-26-40(27-25-33)37(42)44-34-22-20-32(21-23-34)35-38-29-31(30-39-35)19-17-15-10-8-6-4-2/h20-23,29-30,33H,3-19,24-28H2,1-2H3. The third-order valence-corrected chi connectivity index (χ3v) is 8.67. The Labute approximate surface area is 266 Å². The van der Waals surface area contributed by atoms with Gasteiger partial charge in [-0.15, -0.1) is 0 Å². The Kier molecular flexibility index (Phi) is 17.5. The summed E-state index contributed by atoms with van der Waals surface area (Å²) in [6.07, 6.45) is 25.9. The van der Waals surface area contributed by atoms with E-state index >= 15 is 0 Å². The highest BCUT2D eigenvalue weighted by Crippen LogP contribution is 2.23. The predicted molar refractivity (Wildman–Crippen MR) is 178 cm³/mol. The van der Waals surface area contributed by atoms with Crippen LogP contribution in [0.1, 0.15) is 135 Å². The molecule has 1 saturated heterocycles. The van der Waals surface area contributed by atoms with Crippen LogP contribution in [-0.4, -0.2) is 46.6 Å². The van der Waals surface area contributed by atoms with Gasteiger partial charge in [-0.2, -0.15) is 0 Å². The second-order valence-electron chi connectivity index (χ2n) is 12.4. The van der Waals surface area contributed by atoms with Crippen molar-refractivity contribution in [1.82, 2.24) is 14.9 Å². The highest BCUT2D eigenvalue weighted by Gasteiger charge is 2.29. The molecule has 1 aromatic heterocycles. The Morgan fingerprint density at radius 1 is 0.727 bits per heavy atom. The van der Waals surface area contributed by atoms with Gasteiger partial charge < -0.3 is 14.4 Å². The molecule has 3 rings (SSSR count). The van der Waals surface area contributed by atoms with Crippen molar-refractivity contribution in [3.8, 4) is 17.1 Å². The van der Waals surface area contributed by atoms with Gasteiger partial charge in [0, 0.05) is 31.0 Å². The fourth-order valence-corrected chi connectivity index (χ4v) is 5.76. The molecule has 0 bridgehead atoms. The maximum Gasteiger partial charge on any atom is 0.415 e. The quantitative estimate of drug-likeness (QED) is 0.104. The summed E-state index contributed by atoms with van der Waals surface area (Å²) in [5.41, 5.74) is 2.05. The number of likely N-dealkylation sites (tertiary alicyclic amines) is 1. The van der Waals surface area contributed by atoms with Crippen LogP contribution < -0.4 is 4.74 Å². The molecule has 1 fully saturated rings. The maximum absolute atomic E-state index is 12.7. The number of unbranched alkanes of at least 4 members (excludes halogenated alkanes) is 14. The maximum atomic E-state index is 12.7. The van der Waals surface area contributed by atoms with Crippen molar-refractivity contribution >= 4 is 12.1 Å². The summed E-state index contributed by atoms with van der Waals surface area (Å²) in [7, 11) is 0. The highest BCUT2D eigenvalue weighted by molar-refractivity contribution is 5.74. The molecule has 1 aliphatic rings. The summed E-state index contributed by atoms with van der Waals surface area (Å²) in [4.78, 5) is 36.0. The van der Waals surface area contributed by atoms with E-state index in [1.165, 1.54) is 95.5 Å². The van der Waals surface area contributed by atoms with Crippen molar-refractivity contribution in [2.45, 2.75) is 136 Å². The van der Waals surface area contributed by atoms with Crippen LogP contribution >= 0.6 is 0 Å². The Bertz CT molecular complexity index is 1050. The van der Waals surface area contributed by atoms with Gasteiger partial charge in [0.05, 0.1) is 12.5 Å². The van der Waals surface area contributed by atoms with Crippen molar-refractivity contribution in [3.05, 3.63) is 42.2 Å². The lowest BCUT2D eigenvalue weighted by Crippen LogP contribution is -2.42. The molecule has 0 aliphatic carbocycles. The minimum atomic E-state index is -0.384. The van der Waals surface area contributed by atoms with Crippen LogP contribution in [-0.2, 0) is 16.0 Å². The van der Waals surface area contributed by atoms with Gasteiger partial charge in [-0.05, 0) is 61.9 Å². The molecule has 1 aromatic carbocycles. The van der Waals surface area contributed by atoms with E-state index in [0.717, 1.165) is 24.8 Å². The summed E-state index contributed by atoms with van der Waals surface area (Å²) in [5, 5.41) is 0. The molecular formula is C37H57N3O4. The molecule has 1 aliphatic heterocycles. The summed E-state index contributed by atoms with van der Waals surface area (Å²) < 4.78 is 11.2. The van der Waals surface area contributed by atoms with E-state index in [-0.39, 0.29) is 18.0 Å². The number of amides is 1. The van der Waals surface area contributed by atoms with Gasteiger partial charge in [-0.3, -0.25) is 4.79 Å². The third kappa shape index (κ3) is 13.8. The third-order valence-electron chi connectivity index (χ3n) is 8.67. The molecule has 0 atom stereocenters. The van der Waals surface area contributed by atoms with E-state index in [4.69, 9.17) is 9.47 Å². The van der Waals surface area contributed by atoms with E-state index < -0.39 is 0 Å². The van der Waals surface area contributed by atoms with Gasteiger partial charge in [0.15, 0.2) is 5.82 Å². The summed E-state index contributed by atoms with van der Waals surface area (Å²) in [6, 6.07) is 7.31. The van der Waals surface area contributed by atoms with Crippen LogP contribution in [0.2, 0.25) is 0 Å². The van der Waals surface area contributed by atoms with Crippen molar-refractivity contribution in [3.63, 3.8) is 0 Å². The van der Waals surface area contributed by atoms with Gasteiger partial charge in [0.1, 0.15) is 5.75 Å². The van der Waals surface area contributed by atoms with Crippen LogP contribution in [0.3, 0.4) is 0 Å². The molecule has 7 heteroatoms. The molecule has 244 valence electrons. The molecule has 2 heterocycles. The van der Waals surface area contributed by atoms with Crippen LogP contribution in [0.15, 0.2) is 36.7 Å². The SMILES string of the molecule is CCCCCCCCCCCCOC(=O)C1CCN(C(=O)Oc2ccc(-c3ncc(CCCCCCCC)cn3)cc2)CC1.